The lowest BCUT2D eigenvalue weighted by molar-refractivity contribution is -0.248. The van der Waals surface area contributed by atoms with Crippen molar-refractivity contribution in [2.24, 2.45) is 17.4 Å². The van der Waals surface area contributed by atoms with Crippen LogP contribution in [0, 0.1) is 5.92 Å². The average molecular weight is 1340 g/mol. The molecule has 2 atom stereocenters. The number of rotatable bonds is 4. The topological polar surface area (TPSA) is 179 Å². The van der Waals surface area contributed by atoms with Gasteiger partial charge in [0.05, 0.1) is 42.5 Å². The molecule has 5 N–H and O–H groups in total. The van der Waals surface area contributed by atoms with Gasteiger partial charge in [-0.15, -0.1) is 0 Å². The fourth-order valence-electron chi connectivity index (χ4n) is 10.4. The highest BCUT2D eigenvalue weighted by molar-refractivity contribution is 7.91. The highest BCUT2D eigenvalue weighted by Gasteiger charge is 2.51. The lowest BCUT2D eigenvalue weighted by Crippen LogP contribution is -2.62. The summed E-state index contributed by atoms with van der Waals surface area (Å²) in [6.07, 6.45) is 2.16. The first-order valence-corrected chi connectivity index (χ1v) is 35.0. The van der Waals surface area contributed by atoms with E-state index in [2.05, 4.69) is 154 Å². The number of aliphatic hydroxyl groups excluding tert-OH is 1. The van der Waals surface area contributed by atoms with Crippen LogP contribution in [0.5, 0.6) is 0 Å². The van der Waals surface area contributed by atoms with E-state index in [-0.39, 0.29) is 98.9 Å². The molecule has 0 spiro atoms. The van der Waals surface area contributed by atoms with Crippen LogP contribution in [0.2, 0.25) is 0 Å². The van der Waals surface area contributed by atoms with E-state index in [0.29, 0.717) is 44.4 Å². The molecule has 17 nitrogen and oxygen atoms in total. The van der Waals surface area contributed by atoms with Crippen molar-refractivity contribution in [3.05, 3.63) is 0 Å². The van der Waals surface area contributed by atoms with Crippen LogP contribution in [-0.2, 0) is 24.2 Å². The number of likely N-dealkylation sites (tertiary alicyclic amines) is 9. The van der Waals surface area contributed by atoms with Crippen LogP contribution in [0.3, 0.4) is 0 Å². The Kier molecular flexibility index (Phi) is 31.2. The van der Waals surface area contributed by atoms with E-state index in [9.17, 15) is 44.3 Å². The third-order valence-electron chi connectivity index (χ3n) is 18.0. The van der Waals surface area contributed by atoms with Crippen LogP contribution in [0.15, 0.2) is 0 Å². The number of alkyl halides is 6. The molecule has 0 aliphatic carbocycles. The Balaban J connectivity index is 0.000000513. The monoisotopic (exact) mass is 1340 g/mol. The summed E-state index contributed by atoms with van der Waals surface area (Å²) in [6.45, 7) is 66.5. The predicted molar refractivity (Wildman–Crippen MR) is 362 cm³/mol. The molecular weight excluding hydrogens is 1200 g/mol. The van der Waals surface area contributed by atoms with E-state index in [1.807, 2.05) is 46.4 Å². The summed E-state index contributed by atoms with van der Waals surface area (Å²) in [5.74, 6) is -2.68. The normalized spacial score (nSPS) is 24.7. The molecule has 9 saturated heterocycles. The van der Waals surface area contributed by atoms with Crippen molar-refractivity contribution in [1.82, 2.24) is 44.1 Å². The van der Waals surface area contributed by atoms with Crippen molar-refractivity contribution in [1.29, 1.82) is 0 Å². The second kappa shape index (κ2) is 32.6. The van der Waals surface area contributed by atoms with Gasteiger partial charge in [0.1, 0.15) is 6.17 Å². The molecule has 2 unspecified atom stereocenters. The minimum atomic E-state index is -2.80. The highest BCUT2D eigenvalue weighted by Crippen LogP contribution is 2.39. The van der Waals surface area contributed by atoms with Crippen molar-refractivity contribution in [2.75, 3.05) is 112 Å². The first-order valence-electron chi connectivity index (χ1n) is 33.1. The Hall–Kier alpha value is -1.97. The lowest BCUT2D eigenvalue weighted by Gasteiger charge is -2.48. The van der Waals surface area contributed by atoms with Crippen LogP contribution < -0.4 is 11.5 Å². The molecule has 24 heteroatoms. The quantitative estimate of drug-likeness (QED) is 0.179. The summed E-state index contributed by atoms with van der Waals surface area (Å²) >= 11 is 0. The minimum Gasteiger partial charge on any atom is -0.390 e. The van der Waals surface area contributed by atoms with Gasteiger partial charge >= 0.3 is 6.05 Å². The summed E-state index contributed by atoms with van der Waals surface area (Å²) in [7, 11) is -1.02. The minimum absolute atomic E-state index is 0.0181. The van der Waals surface area contributed by atoms with E-state index in [1.54, 1.807) is 32.8 Å². The number of nitrogens with zero attached hydrogens (tertiary/aromatic N) is 9. The zero-order valence-electron chi connectivity index (χ0n) is 62.6. The van der Waals surface area contributed by atoms with Gasteiger partial charge in [-0.3, -0.25) is 48.8 Å². The summed E-state index contributed by atoms with van der Waals surface area (Å²) in [4.78, 5) is 39.7. The fourth-order valence-corrected chi connectivity index (χ4v) is 11.3. The average Bonchev–Trinajstić information content (AvgIpc) is 3.17. The Bertz CT molecular complexity index is 2260. The molecule has 91 heavy (non-hydrogen) atoms. The maximum absolute atomic E-state index is 12.6. The zero-order valence-corrected chi connectivity index (χ0v) is 63.4. The number of β-amino-alcohol motifs (C(OH)–C–C–N with tert-alkyl or cyclic N) is 1. The molecule has 0 radical (unpaired) electrons. The molecule has 2 amide bonds. The third kappa shape index (κ3) is 29.7. The summed E-state index contributed by atoms with van der Waals surface area (Å²) in [6, 6.07) is -2.56. The van der Waals surface area contributed by atoms with E-state index < -0.39 is 34.3 Å². The molecule has 0 bridgehead atoms. The number of ether oxygens (including phenoxy) is 1. The van der Waals surface area contributed by atoms with Crippen molar-refractivity contribution >= 4 is 21.7 Å². The van der Waals surface area contributed by atoms with Crippen LogP contribution in [-0.4, -0.2) is 279 Å². The van der Waals surface area contributed by atoms with Crippen molar-refractivity contribution in [2.45, 2.75) is 304 Å². The number of sulfone groups is 1. The largest absolute Gasteiger partial charge is 0.390 e. The van der Waals surface area contributed by atoms with Crippen molar-refractivity contribution in [3.8, 4) is 0 Å². The van der Waals surface area contributed by atoms with Crippen LogP contribution >= 0.6 is 0 Å². The molecule has 0 aromatic heterocycles. The zero-order chi connectivity index (χ0) is 71.8. The van der Waals surface area contributed by atoms with E-state index in [0.717, 1.165) is 65.2 Å². The number of nitrogens with two attached hydrogens (primary N) is 2. The van der Waals surface area contributed by atoms with Crippen LogP contribution in [0.4, 0.5) is 26.3 Å². The lowest BCUT2D eigenvalue weighted by atomic mass is 9.92. The van der Waals surface area contributed by atoms with Gasteiger partial charge in [-0.25, -0.2) is 30.9 Å². The Labute approximate surface area is 550 Å². The number of carbonyl (C=O) groups excluding carboxylic acids is 2. The number of hydrogen-bond acceptors (Lipinski definition) is 15. The molecule has 542 valence electrons. The molecule has 0 saturated carbocycles. The summed E-state index contributed by atoms with van der Waals surface area (Å²) < 4.78 is 102. The van der Waals surface area contributed by atoms with Gasteiger partial charge < -0.3 is 21.3 Å². The molecule has 0 aromatic rings. The second-order valence-electron chi connectivity index (χ2n) is 35.3. The Morgan fingerprint density at radius 1 is 0.473 bits per heavy atom. The number of carbonyl (C=O) groups is 2. The number of primary amides is 2. The Morgan fingerprint density at radius 2 is 0.824 bits per heavy atom. The Morgan fingerprint density at radius 3 is 0.967 bits per heavy atom. The van der Waals surface area contributed by atoms with Gasteiger partial charge in [0.2, 0.25) is 11.8 Å². The summed E-state index contributed by atoms with van der Waals surface area (Å²) in [5.41, 5.74) is 11.0. The highest BCUT2D eigenvalue weighted by atomic mass is 32.2. The van der Waals surface area contributed by atoms with Gasteiger partial charge in [0.15, 0.2) is 16.1 Å². The van der Waals surface area contributed by atoms with Gasteiger partial charge in [0, 0.05) is 161 Å². The molecule has 9 aliphatic heterocycles. The first-order chi connectivity index (χ1) is 40.2. The maximum Gasteiger partial charge on any atom is 0.306 e. The third-order valence-corrected chi connectivity index (χ3v) is 19.5. The predicted octanol–water partition coefficient (Wildman–Crippen LogP) is 9.68. The second-order valence-corrected chi connectivity index (χ2v) is 37.6. The SMILES string of the molecule is CC(C)(C)N1CC(C(N)=O)C1.CC(C)(C)N1CC(F)(F)C1.CC(C)(C)N1CC(F)C1.CC(C)(C)N1CC(O)C1.CC(C)(C)N1CC(S(C)(=O)=O)C1.CC(C)(C)N1CCC1(F)F.CC(C)(C)N1CCC1C(N)=O.CC(C)(C)N1CCC1F.COC1CN(C(C)(C)C)C1. The molecule has 9 heterocycles. The molecule has 9 aliphatic rings. The molecule has 9 fully saturated rings. The maximum atomic E-state index is 12.6. The number of hydrogen-bond donors (Lipinski definition) is 3. The number of amides is 2. The van der Waals surface area contributed by atoms with Gasteiger partial charge in [0.25, 0.3) is 5.92 Å². The van der Waals surface area contributed by atoms with Crippen molar-refractivity contribution in [3.63, 3.8) is 0 Å². The summed E-state index contributed by atoms with van der Waals surface area (Å²) in [5, 5.41) is 8.81. The molecular formula is C67H135F6N11O6S. The molecule has 9 rings (SSSR count). The van der Waals surface area contributed by atoms with E-state index in [1.165, 1.54) is 11.2 Å². The number of aliphatic hydroxyl groups is 1. The smallest absolute Gasteiger partial charge is 0.306 e. The van der Waals surface area contributed by atoms with E-state index in [4.69, 9.17) is 21.3 Å². The van der Waals surface area contributed by atoms with Gasteiger partial charge in [-0.1, -0.05) is 0 Å². The first kappa shape index (κ1) is 87.0. The number of methoxy groups -OCH3 is 1. The van der Waals surface area contributed by atoms with Crippen molar-refractivity contribution < 1.29 is 54.2 Å². The van der Waals surface area contributed by atoms with Gasteiger partial charge in [-0.2, -0.15) is 8.78 Å². The van der Waals surface area contributed by atoms with Crippen LogP contribution in [0.1, 0.15) is 206 Å². The standard InChI is InChI=1S/2C8H16N2O.C8H17NO2S.C8H17NO.2C7H13F2N.2C7H14FN.C7H15NO/c1-8(2,3)10-4-6(5-10)7(9)11;1-8(2,3)10-5-4-6(10)7(9)11;1-8(2,3)9-5-7(6-9)12(4,10)11;1-8(2,3)9-5-7(6-9)10-4;1-6(2,3)10-4-7(8,9)5-10;1-6(2,3)10-5-4-7(10,8)9;1-7(2,3)9-4-6(8)5-9;1-7(2,3)9-5-4-6(9)8;1-7(2,3)8-4-6(9)5-8/h2*6H,4-5H2,1-3H3,(H2,9,11);7H,5-6H2,1-4H3;7H,5-6H2,1-4H3;2*4-5H2,1-3H3;2*6H,4-5H2,1-3H3;6,9H,4-5H2,1-3H3. The molecule has 0 aromatic carbocycles. The van der Waals surface area contributed by atoms with Crippen LogP contribution in [0.25, 0.3) is 0 Å². The fraction of sp³-hybridized carbons (Fsp3) is 0.970. The van der Waals surface area contributed by atoms with E-state index >= 15 is 0 Å². The number of halogens is 6. The van der Waals surface area contributed by atoms with Gasteiger partial charge in [-0.05, 0) is 193 Å².